The molecule has 3 heteroatoms. The summed E-state index contributed by atoms with van der Waals surface area (Å²) in [7, 11) is 0. The molecule has 2 atom stereocenters. The highest BCUT2D eigenvalue weighted by atomic mass is 35.5. The Morgan fingerprint density at radius 2 is 2.25 bits per heavy atom. The molecule has 0 unspecified atom stereocenters. The van der Waals surface area contributed by atoms with Crippen LogP contribution in [0.5, 0.6) is 0 Å². The summed E-state index contributed by atoms with van der Waals surface area (Å²) in [5, 5.41) is 3.45. The minimum atomic E-state index is 0. The van der Waals surface area contributed by atoms with Crippen LogP contribution in [0.4, 0.5) is 0 Å². The molecule has 0 bridgehead atoms. The average Bonchev–Trinajstić information content (AvgIpc) is 2.77. The van der Waals surface area contributed by atoms with E-state index in [1.165, 1.54) is 24.1 Å². The zero-order valence-electron chi connectivity index (χ0n) is 9.44. The minimum absolute atomic E-state index is 0. The molecule has 1 saturated heterocycles. The Balaban J connectivity index is 0.000000963. The molecule has 1 aliphatic carbocycles. The van der Waals surface area contributed by atoms with E-state index in [0.717, 1.165) is 24.1 Å². The van der Waals surface area contributed by atoms with Crippen molar-refractivity contribution in [1.29, 1.82) is 0 Å². The van der Waals surface area contributed by atoms with E-state index in [0.29, 0.717) is 0 Å². The summed E-state index contributed by atoms with van der Waals surface area (Å²) < 4.78 is 0. The number of allylic oxidation sites excluding steroid dienone is 1. The molecule has 2 heterocycles. The highest BCUT2D eigenvalue weighted by Crippen LogP contribution is 2.38. The number of aromatic nitrogens is 1. The predicted octanol–water partition coefficient (Wildman–Crippen LogP) is 2.43. The molecule has 0 radical (unpaired) electrons. The lowest BCUT2D eigenvalue weighted by Gasteiger charge is -2.08. The first kappa shape index (κ1) is 11.6. The number of aryl methyl sites for hydroxylation is 1. The monoisotopic (exact) mass is 236 g/mol. The second-order valence-electron chi connectivity index (χ2n) is 4.61. The molecule has 1 aromatic rings. The second-order valence-corrected chi connectivity index (χ2v) is 4.61. The molecule has 1 aromatic heterocycles. The molecule has 86 valence electrons. The summed E-state index contributed by atoms with van der Waals surface area (Å²) in [4.78, 5) is 4.36. The van der Waals surface area contributed by atoms with Crippen LogP contribution in [0.1, 0.15) is 17.7 Å². The van der Waals surface area contributed by atoms with Crippen LogP contribution < -0.4 is 5.32 Å². The van der Waals surface area contributed by atoms with E-state index in [4.69, 9.17) is 0 Å². The normalized spacial score (nSPS) is 27.2. The molecule has 1 fully saturated rings. The maximum atomic E-state index is 4.36. The molecule has 3 rings (SSSR count). The summed E-state index contributed by atoms with van der Waals surface area (Å²) in [5.41, 5.74) is 4.03. The number of nitrogens with one attached hydrogen (secondary N) is 1. The molecule has 1 N–H and O–H groups in total. The highest BCUT2D eigenvalue weighted by Gasteiger charge is 2.32. The number of hydrogen-bond acceptors (Lipinski definition) is 2. The smallest absolute Gasteiger partial charge is 0.0447 e. The molecule has 2 aliphatic rings. The van der Waals surface area contributed by atoms with Crippen molar-refractivity contribution in [3.8, 4) is 0 Å². The molecule has 0 aromatic carbocycles. The van der Waals surface area contributed by atoms with Gasteiger partial charge in [-0.25, -0.2) is 0 Å². The quantitative estimate of drug-likeness (QED) is 0.810. The number of nitrogens with zero attached hydrogens (tertiary/aromatic N) is 1. The van der Waals surface area contributed by atoms with E-state index < -0.39 is 0 Å². The van der Waals surface area contributed by atoms with Crippen LogP contribution in [0.2, 0.25) is 0 Å². The van der Waals surface area contributed by atoms with Crippen LogP contribution >= 0.6 is 12.4 Å². The lowest BCUT2D eigenvalue weighted by Crippen LogP contribution is -2.09. The van der Waals surface area contributed by atoms with Gasteiger partial charge in [0.05, 0.1) is 0 Å². The van der Waals surface area contributed by atoms with Gasteiger partial charge in [0.15, 0.2) is 0 Å². The van der Waals surface area contributed by atoms with Crippen molar-refractivity contribution in [3.05, 3.63) is 35.7 Å². The van der Waals surface area contributed by atoms with Crippen molar-refractivity contribution < 1.29 is 0 Å². The van der Waals surface area contributed by atoms with Crippen LogP contribution in [0.25, 0.3) is 5.57 Å². The highest BCUT2D eigenvalue weighted by molar-refractivity contribution is 5.85. The molecule has 2 nitrogen and oxygen atoms in total. The summed E-state index contributed by atoms with van der Waals surface area (Å²) in [5.74, 6) is 1.60. The fourth-order valence-corrected chi connectivity index (χ4v) is 2.80. The van der Waals surface area contributed by atoms with Crippen molar-refractivity contribution in [3.63, 3.8) is 0 Å². The minimum Gasteiger partial charge on any atom is -0.316 e. The molecule has 0 spiro atoms. The van der Waals surface area contributed by atoms with Crippen molar-refractivity contribution >= 4 is 18.0 Å². The van der Waals surface area contributed by atoms with Gasteiger partial charge in [-0.2, -0.15) is 0 Å². The standard InChI is InChI=1S/C13H16N2.ClH/c1-9-13(3-2-4-15-9)10-5-11-7-14-8-12(11)6-10;/h2-5,11-12,14H,6-8H2,1H3;1H/t11-,12+;/m0./s1. The van der Waals surface area contributed by atoms with Gasteiger partial charge < -0.3 is 5.32 Å². The zero-order valence-corrected chi connectivity index (χ0v) is 10.3. The Kier molecular flexibility index (Phi) is 3.31. The van der Waals surface area contributed by atoms with Crippen molar-refractivity contribution in [1.82, 2.24) is 10.3 Å². The van der Waals surface area contributed by atoms with Crippen molar-refractivity contribution in [2.75, 3.05) is 13.1 Å². The fraction of sp³-hybridized carbons (Fsp3) is 0.462. The van der Waals surface area contributed by atoms with Crippen LogP contribution in [0.15, 0.2) is 24.4 Å². The molecular weight excluding hydrogens is 220 g/mol. The van der Waals surface area contributed by atoms with Crippen molar-refractivity contribution in [2.24, 2.45) is 11.8 Å². The molecule has 0 amide bonds. The number of pyridine rings is 1. The molecular formula is C13H17ClN2. The Bertz CT molecular complexity index is 414. The van der Waals surface area contributed by atoms with E-state index in [1.54, 1.807) is 0 Å². The largest absolute Gasteiger partial charge is 0.316 e. The van der Waals surface area contributed by atoms with Gasteiger partial charge in [-0.05, 0) is 48.9 Å². The first-order chi connectivity index (χ1) is 7.34. The maximum absolute atomic E-state index is 4.36. The van der Waals surface area contributed by atoms with E-state index in [-0.39, 0.29) is 12.4 Å². The molecule has 16 heavy (non-hydrogen) atoms. The molecule has 1 aliphatic heterocycles. The lowest BCUT2D eigenvalue weighted by molar-refractivity contribution is 0.536. The topological polar surface area (TPSA) is 24.9 Å². The number of fused-ring (bicyclic) bond motifs is 1. The van der Waals surface area contributed by atoms with Gasteiger partial charge >= 0.3 is 0 Å². The maximum Gasteiger partial charge on any atom is 0.0447 e. The van der Waals surface area contributed by atoms with Gasteiger partial charge in [0.25, 0.3) is 0 Å². The van der Waals surface area contributed by atoms with Gasteiger partial charge in [0.2, 0.25) is 0 Å². The summed E-state index contributed by atoms with van der Waals surface area (Å²) >= 11 is 0. The van der Waals surface area contributed by atoms with Crippen molar-refractivity contribution in [2.45, 2.75) is 13.3 Å². The van der Waals surface area contributed by atoms with E-state index in [9.17, 15) is 0 Å². The first-order valence-electron chi connectivity index (χ1n) is 5.68. The Labute approximate surface area is 103 Å². The van der Waals surface area contributed by atoms with Gasteiger partial charge in [0.1, 0.15) is 0 Å². The number of hydrogen-bond donors (Lipinski definition) is 1. The summed E-state index contributed by atoms with van der Waals surface area (Å²) in [6, 6.07) is 4.23. The van der Waals surface area contributed by atoms with Gasteiger partial charge in [0, 0.05) is 18.4 Å². The third-order valence-corrected chi connectivity index (χ3v) is 3.64. The second kappa shape index (κ2) is 4.56. The zero-order chi connectivity index (χ0) is 10.3. The van der Waals surface area contributed by atoms with E-state index >= 15 is 0 Å². The fourth-order valence-electron chi connectivity index (χ4n) is 2.80. The lowest BCUT2D eigenvalue weighted by atomic mass is 9.98. The molecule has 0 saturated carbocycles. The number of rotatable bonds is 1. The van der Waals surface area contributed by atoms with Gasteiger partial charge in [-0.3, -0.25) is 4.98 Å². The van der Waals surface area contributed by atoms with Crippen LogP contribution in [-0.4, -0.2) is 18.1 Å². The summed E-state index contributed by atoms with van der Waals surface area (Å²) in [6.45, 7) is 4.44. The Morgan fingerprint density at radius 3 is 3.00 bits per heavy atom. The summed E-state index contributed by atoms with van der Waals surface area (Å²) in [6.07, 6.45) is 5.55. The predicted molar refractivity (Wildman–Crippen MR) is 68.7 cm³/mol. The first-order valence-corrected chi connectivity index (χ1v) is 5.68. The average molecular weight is 237 g/mol. The van der Waals surface area contributed by atoms with Gasteiger partial charge in [-0.1, -0.05) is 12.1 Å². The third kappa shape index (κ3) is 1.87. The third-order valence-electron chi connectivity index (χ3n) is 3.64. The Hall–Kier alpha value is -0.860. The number of halogens is 1. The van der Waals surface area contributed by atoms with Crippen LogP contribution in [-0.2, 0) is 0 Å². The van der Waals surface area contributed by atoms with E-state index in [2.05, 4.69) is 29.4 Å². The van der Waals surface area contributed by atoms with Gasteiger partial charge in [-0.15, -0.1) is 12.4 Å². The SMILES string of the molecule is Cc1ncccc1C1=C[C@H]2CNC[C@H]2C1.Cl. The Morgan fingerprint density at radius 1 is 1.38 bits per heavy atom. The van der Waals surface area contributed by atoms with Crippen LogP contribution in [0.3, 0.4) is 0 Å². The van der Waals surface area contributed by atoms with E-state index in [1.807, 2.05) is 12.3 Å². The van der Waals surface area contributed by atoms with Crippen LogP contribution in [0, 0.1) is 18.8 Å².